The Morgan fingerprint density at radius 1 is 0.733 bits per heavy atom. The highest BCUT2D eigenvalue weighted by atomic mass is 31.2. The fraction of sp³-hybridized carbons (Fsp3) is 0.717. The van der Waals surface area contributed by atoms with Gasteiger partial charge < -0.3 is 160 Å². The lowest BCUT2D eigenvalue weighted by atomic mass is 9.80. The number of nitrogens with one attached hydrogen (secondary N) is 3. The number of hydrogen-bond acceptors (Lipinski definition) is 38. The molecule has 45 heteroatoms. The predicted octanol–water partition coefficient (Wildman–Crippen LogP) is -9.54. The molecule has 0 aliphatic carbocycles. The Morgan fingerprint density at radius 2 is 1.33 bits per heavy atom. The number of aromatic nitrogens is 2. The molecule has 20 N–H and O–H groups in total. The van der Waals surface area contributed by atoms with Gasteiger partial charge in [-0.05, 0) is 49.9 Å². The molecule has 6 aliphatic rings. The molecule has 11 unspecified atom stereocenters. The maximum absolute atomic E-state index is 13.4. The second-order valence-corrected chi connectivity index (χ2v) is 26.8. The number of aliphatic hydroxyl groups is 13. The Balaban J connectivity index is 0.806. The highest BCUT2D eigenvalue weighted by molar-refractivity contribution is 7.47. The number of carboxylic acids is 1. The second-order valence-electron chi connectivity index (χ2n) is 25.4. The molecule has 6 aliphatic heterocycles. The van der Waals surface area contributed by atoms with Crippen molar-refractivity contribution in [2.75, 3.05) is 38.7 Å². The van der Waals surface area contributed by atoms with Crippen LogP contribution >= 0.6 is 7.82 Å². The number of Topliss-reactive ketones (excluding diaryl/α,β-unsaturated/α-hetero) is 1. The van der Waals surface area contributed by atoms with Gasteiger partial charge in [0.25, 0.3) is 24.6 Å². The van der Waals surface area contributed by atoms with Crippen LogP contribution in [0.2, 0.25) is 0 Å². The number of amides is 3. The van der Waals surface area contributed by atoms with Crippen LogP contribution in [0.15, 0.2) is 41.3 Å². The average molecular weight is 1530 g/mol. The van der Waals surface area contributed by atoms with Gasteiger partial charge in [-0.1, -0.05) is 12.1 Å². The van der Waals surface area contributed by atoms with Crippen LogP contribution < -0.4 is 27.4 Å². The van der Waals surface area contributed by atoms with Crippen LogP contribution in [-0.2, 0) is 106 Å². The Bertz CT molecular complexity index is 3370. The van der Waals surface area contributed by atoms with E-state index in [1.54, 1.807) is 12.1 Å². The summed E-state index contributed by atoms with van der Waals surface area (Å²) in [5.74, 6) is -9.64. The standard InChI is InChI=1S/C60H87N6O38P/c1-23(71)15-28-31(75)17-60(58(86)87,104-105(89,90)94-20-35-40(78)44(82)51(95-35)66-13-11-36(61)65-59(66)88)103-47(28)38(76)30(74)6-4-5-26-7-9-27(10-8-26)50(85)62-12-14-91-54-45(83)42(80)48(56(101-54)92-21-69)99-52-29(63-24(2)72)16-32(33(18-67)97-52)96-55-46(84)43(81)49(57(102-55)93-22-70)100-53-37(64-25(3)73)41(79)39(77)34(19-68)98-53/h7-11,13,21-22,28-35,37-49,51-57,67-68,74-84H,4-6,12,14-20H2,1-3H3,(H,62,85)(H,63,72)(H,64,73)(H,86,87)(H,89,90)(H2,61,65,88)/t28-,29?,30-,31-,32+,33?,34?,35-,37?,38-,39-,40+,41-,42-,43-,44?,45?,46?,47?,48+,49+,51-,52-,53-,54-,55-,56?,57?,60-/m1/s1. The van der Waals surface area contributed by atoms with Crippen LogP contribution in [0.25, 0.3) is 0 Å². The lowest BCUT2D eigenvalue weighted by Gasteiger charge is -2.48. The van der Waals surface area contributed by atoms with Crippen LogP contribution in [-0.4, -0.2) is 327 Å². The summed E-state index contributed by atoms with van der Waals surface area (Å²) in [6.07, 6.45) is -46.6. The van der Waals surface area contributed by atoms with Gasteiger partial charge in [0.15, 0.2) is 43.6 Å². The topological polar surface area (TPSA) is 666 Å². The number of carbonyl (C=O) groups is 7. The highest BCUT2D eigenvalue weighted by Crippen LogP contribution is 2.52. The first-order valence-electron chi connectivity index (χ1n) is 32.7. The van der Waals surface area contributed by atoms with E-state index in [0.29, 0.717) is 5.56 Å². The van der Waals surface area contributed by atoms with Crippen molar-refractivity contribution in [1.29, 1.82) is 0 Å². The molecular formula is C60H87N6O38P. The quantitative estimate of drug-likeness (QED) is 0.0176. The first-order valence-corrected chi connectivity index (χ1v) is 34.2. The van der Waals surface area contributed by atoms with E-state index >= 15 is 0 Å². The lowest BCUT2D eigenvalue weighted by molar-refractivity contribution is -0.391. The fourth-order valence-corrected chi connectivity index (χ4v) is 13.6. The minimum Gasteiger partial charge on any atom is -0.477 e. The Labute approximate surface area is 594 Å². The number of carbonyl (C=O) groups excluding carboxylic acids is 6. The number of nitrogens with two attached hydrogens (primary N) is 1. The van der Waals surface area contributed by atoms with E-state index < -0.39 is 266 Å². The number of benzene rings is 1. The zero-order chi connectivity index (χ0) is 77.1. The number of rotatable bonds is 34. The van der Waals surface area contributed by atoms with Crippen molar-refractivity contribution in [3.63, 3.8) is 0 Å². The van der Waals surface area contributed by atoms with E-state index in [4.69, 9.17) is 71.6 Å². The van der Waals surface area contributed by atoms with Gasteiger partial charge in [-0.25, -0.2) is 18.7 Å². The minimum atomic E-state index is -5.67. The molecule has 0 saturated carbocycles. The molecule has 6 saturated heterocycles. The molecule has 3 amide bonds. The van der Waals surface area contributed by atoms with Crippen molar-refractivity contribution >= 4 is 56.1 Å². The SMILES string of the molecule is CC(=O)C[C@H]1C([C@H](O)[C@H](O)CCCc2ccc(C(=O)NCCO[C@@H]3OC(OC=O)[C@@H](O[C@H]4OC(CO)[C@@H](O[C@@H]5OC(OC=O)[C@@H](O[C@H]6OC(CO)[C@@H](O)[C@H](O)C6NC(C)=O)[C@H](O)C5O)CC4NC(C)=O)[C@H](O)C3O)cc2)O[C@](OP(=O)(O)OC[C@H]2O[C@@H](n3ccc(N)nc3=O)C(O)[C@H]2O)(C(=O)O)C[C@H]1O. The number of nitrogens with zero attached hydrogens (tertiary/aromatic N) is 2. The zero-order valence-corrected chi connectivity index (χ0v) is 57.0. The second kappa shape index (κ2) is 37.1. The highest BCUT2D eigenvalue weighted by Gasteiger charge is 2.60. The zero-order valence-electron chi connectivity index (χ0n) is 56.1. The summed E-state index contributed by atoms with van der Waals surface area (Å²) in [5.41, 5.74) is 5.23. The Kier molecular flexibility index (Phi) is 29.8. The molecule has 0 spiro atoms. The monoisotopic (exact) mass is 1530 g/mol. The molecule has 1 aromatic carbocycles. The maximum Gasteiger partial charge on any atom is 0.475 e. The molecule has 8 rings (SSSR count). The normalized spacial score (nSPS) is 37.5. The van der Waals surface area contributed by atoms with E-state index in [9.17, 15) is 119 Å². The van der Waals surface area contributed by atoms with Gasteiger partial charge in [-0.15, -0.1) is 0 Å². The number of ketones is 1. The van der Waals surface area contributed by atoms with Gasteiger partial charge >= 0.3 is 19.5 Å². The molecule has 1 aromatic heterocycles. The van der Waals surface area contributed by atoms with Crippen LogP contribution in [0.3, 0.4) is 0 Å². The summed E-state index contributed by atoms with van der Waals surface area (Å²) in [4.78, 5) is 113. The third kappa shape index (κ3) is 20.7. The van der Waals surface area contributed by atoms with Crippen molar-refractivity contribution in [1.82, 2.24) is 25.5 Å². The molecule has 0 radical (unpaired) electrons. The predicted molar refractivity (Wildman–Crippen MR) is 334 cm³/mol. The van der Waals surface area contributed by atoms with Crippen molar-refractivity contribution in [3.8, 4) is 0 Å². The summed E-state index contributed by atoms with van der Waals surface area (Å²) in [5, 5.41) is 160. The Morgan fingerprint density at radius 3 is 1.92 bits per heavy atom. The third-order valence-electron chi connectivity index (χ3n) is 17.9. The smallest absolute Gasteiger partial charge is 0.475 e. The van der Waals surface area contributed by atoms with Crippen LogP contribution in [0, 0.1) is 5.92 Å². The Hall–Kier alpha value is -6.42. The number of aliphatic carboxylic acids is 1. The van der Waals surface area contributed by atoms with Gasteiger partial charge in [0.2, 0.25) is 24.4 Å². The number of nitrogen functional groups attached to an aromatic ring is 1. The fourth-order valence-electron chi connectivity index (χ4n) is 12.6. The van der Waals surface area contributed by atoms with Crippen LogP contribution in [0.1, 0.15) is 75.0 Å². The molecule has 30 atom stereocenters. The summed E-state index contributed by atoms with van der Waals surface area (Å²) in [6.45, 7) is -0.472. The van der Waals surface area contributed by atoms with Crippen molar-refractivity contribution in [3.05, 3.63) is 58.1 Å². The van der Waals surface area contributed by atoms with E-state index in [-0.39, 0.29) is 50.1 Å². The molecule has 7 heterocycles. The van der Waals surface area contributed by atoms with Gasteiger partial charge in [0, 0.05) is 57.3 Å². The number of aliphatic hydroxyl groups excluding tert-OH is 13. The van der Waals surface area contributed by atoms with Crippen molar-refractivity contribution in [2.24, 2.45) is 5.92 Å². The maximum atomic E-state index is 13.4. The molecular weight excluding hydrogens is 1440 g/mol. The molecule has 0 bridgehead atoms. The summed E-state index contributed by atoms with van der Waals surface area (Å²) in [6, 6.07) is 4.26. The molecule has 6 fully saturated rings. The lowest BCUT2D eigenvalue weighted by Crippen LogP contribution is -2.68. The van der Waals surface area contributed by atoms with Gasteiger partial charge in [-0.2, -0.15) is 4.98 Å². The summed E-state index contributed by atoms with van der Waals surface area (Å²) in [7, 11) is -5.67. The number of phosphoric acid groups is 1. The number of phosphoric ester groups is 1. The van der Waals surface area contributed by atoms with Crippen molar-refractivity contribution in [2.45, 2.75) is 231 Å². The molecule has 2 aromatic rings. The number of aryl methyl sites for hydroxylation is 1. The molecule has 590 valence electrons. The summed E-state index contributed by atoms with van der Waals surface area (Å²) >= 11 is 0. The minimum absolute atomic E-state index is 0.0946. The van der Waals surface area contributed by atoms with Crippen LogP contribution in [0.4, 0.5) is 5.82 Å². The van der Waals surface area contributed by atoms with E-state index in [2.05, 4.69) is 20.9 Å². The van der Waals surface area contributed by atoms with Gasteiger partial charge in [0.1, 0.15) is 90.9 Å². The number of anilines is 1. The van der Waals surface area contributed by atoms with E-state index in [1.807, 2.05) is 0 Å². The molecule has 44 nitrogen and oxygen atoms in total. The largest absolute Gasteiger partial charge is 0.477 e. The third-order valence-corrected chi connectivity index (χ3v) is 18.9. The molecule has 105 heavy (non-hydrogen) atoms. The van der Waals surface area contributed by atoms with E-state index in [0.717, 1.165) is 31.5 Å². The van der Waals surface area contributed by atoms with Gasteiger partial charge in [0.05, 0.1) is 56.9 Å². The summed E-state index contributed by atoms with van der Waals surface area (Å²) < 4.78 is 91.4. The first-order chi connectivity index (χ1) is 49.6. The number of carboxylic acid groups (broad SMARTS) is 1. The van der Waals surface area contributed by atoms with Crippen molar-refractivity contribution < 1.29 is 180 Å². The van der Waals surface area contributed by atoms with Gasteiger partial charge in [-0.3, -0.25) is 33.1 Å². The number of hydrogen-bond donors (Lipinski definition) is 19. The van der Waals surface area contributed by atoms with E-state index in [1.165, 1.54) is 18.2 Å². The number of ether oxygens (including phenoxy) is 12. The average Bonchev–Trinajstić information content (AvgIpc) is 1.34. The van der Waals surface area contributed by atoms with Crippen LogP contribution in [0.5, 0.6) is 0 Å². The first kappa shape index (κ1) is 84.2.